The minimum absolute atomic E-state index is 0.168. The highest BCUT2D eigenvalue weighted by molar-refractivity contribution is 5.91. The Morgan fingerprint density at radius 1 is 1.25 bits per heavy atom. The van der Waals surface area contributed by atoms with E-state index in [2.05, 4.69) is 0 Å². The highest BCUT2D eigenvalue weighted by Gasteiger charge is 2.16. The van der Waals surface area contributed by atoms with Crippen molar-refractivity contribution in [1.82, 2.24) is 0 Å². The van der Waals surface area contributed by atoms with Gasteiger partial charge in [0.25, 0.3) is 0 Å². The van der Waals surface area contributed by atoms with Crippen LogP contribution in [0.25, 0.3) is 0 Å². The molecule has 1 rings (SSSR count). The van der Waals surface area contributed by atoms with E-state index < -0.39 is 5.97 Å². The van der Waals surface area contributed by atoms with Crippen molar-refractivity contribution < 1.29 is 19.4 Å². The molecule has 1 aromatic carbocycles. The van der Waals surface area contributed by atoms with Crippen LogP contribution in [0.4, 0.5) is 5.69 Å². The van der Waals surface area contributed by atoms with Crippen LogP contribution >= 0.6 is 0 Å². The van der Waals surface area contributed by atoms with Gasteiger partial charge in [0.2, 0.25) is 0 Å². The Hall–Kier alpha value is -1.91. The fraction of sp³-hybridized carbons (Fsp3) is 0.364. The molecule has 0 spiro atoms. The molecule has 0 bridgehead atoms. The van der Waals surface area contributed by atoms with Crippen molar-refractivity contribution >= 4 is 11.7 Å². The number of anilines is 1. The molecule has 5 heteroatoms. The van der Waals surface area contributed by atoms with Gasteiger partial charge in [-0.05, 0) is 12.1 Å². The lowest BCUT2D eigenvalue weighted by Crippen LogP contribution is -2.12. The monoisotopic (exact) mass is 225 g/mol. The highest BCUT2D eigenvalue weighted by Crippen LogP contribution is 2.37. The second kappa shape index (κ2) is 4.74. The van der Waals surface area contributed by atoms with Gasteiger partial charge in [0, 0.05) is 14.1 Å². The van der Waals surface area contributed by atoms with E-state index in [-0.39, 0.29) is 5.56 Å². The smallest absolute Gasteiger partial charge is 0.335 e. The number of methoxy groups -OCH3 is 2. The molecule has 0 aromatic heterocycles. The average Bonchev–Trinajstić information content (AvgIpc) is 2.26. The van der Waals surface area contributed by atoms with E-state index in [0.717, 1.165) is 0 Å². The Labute approximate surface area is 94.2 Å². The maximum absolute atomic E-state index is 10.9. The summed E-state index contributed by atoms with van der Waals surface area (Å²) in [5.74, 6) is -0.0624. The van der Waals surface area contributed by atoms with Crippen LogP contribution in [-0.2, 0) is 0 Å². The van der Waals surface area contributed by atoms with E-state index in [1.165, 1.54) is 20.3 Å². The third-order valence-electron chi connectivity index (χ3n) is 2.19. The summed E-state index contributed by atoms with van der Waals surface area (Å²) in [7, 11) is 6.61. The molecule has 0 saturated heterocycles. The second-order valence-corrected chi connectivity index (χ2v) is 3.43. The maximum Gasteiger partial charge on any atom is 0.335 e. The number of carboxylic acids is 1. The number of carboxylic acid groups (broad SMARTS) is 1. The number of ether oxygens (including phenoxy) is 2. The fourth-order valence-corrected chi connectivity index (χ4v) is 1.40. The van der Waals surface area contributed by atoms with Gasteiger partial charge in [0.05, 0.1) is 25.5 Å². The van der Waals surface area contributed by atoms with Crippen molar-refractivity contribution in [2.24, 2.45) is 0 Å². The van der Waals surface area contributed by atoms with Crippen LogP contribution in [0.3, 0.4) is 0 Å². The molecule has 0 aliphatic rings. The number of nitrogens with zero attached hydrogens (tertiary/aromatic N) is 1. The van der Waals surface area contributed by atoms with Crippen LogP contribution in [0.5, 0.6) is 11.5 Å². The lowest BCUT2D eigenvalue weighted by Gasteiger charge is -2.19. The summed E-state index contributed by atoms with van der Waals surface area (Å²) in [6, 6.07) is 2.98. The van der Waals surface area contributed by atoms with Crippen LogP contribution in [-0.4, -0.2) is 39.4 Å². The van der Waals surface area contributed by atoms with Gasteiger partial charge < -0.3 is 19.5 Å². The molecule has 0 heterocycles. The van der Waals surface area contributed by atoms with E-state index >= 15 is 0 Å². The average molecular weight is 225 g/mol. The van der Waals surface area contributed by atoms with Crippen LogP contribution < -0.4 is 14.4 Å². The van der Waals surface area contributed by atoms with Gasteiger partial charge in [-0.15, -0.1) is 0 Å². The summed E-state index contributed by atoms with van der Waals surface area (Å²) in [5.41, 5.74) is 0.834. The van der Waals surface area contributed by atoms with Crippen LogP contribution in [0, 0.1) is 0 Å². The van der Waals surface area contributed by atoms with Crippen molar-refractivity contribution in [2.45, 2.75) is 0 Å². The predicted molar refractivity (Wildman–Crippen MR) is 60.8 cm³/mol. The molecule has 0 saturated carbocycles. The molecule has 0 atom stereocenters. The van der Waals surface area contributed by atoms with Gasteiger partial charge in [-0.1, -0.05) is 0 Å². The normalized spacial score (nSPS) is 9.75. The molecule has 88 valence electrons. The van der Waals surface area contributed by atoms with Crippen LogP contribution in [0.15, 0.2) is 12.1 Å². The van der Waals surface area contributed by atoms with Crippen molar-refractivity contribution in [3.8, 4) is 11.5 Å². The topological polar surface area (TPSA) is 59.0 Å². The Bertz CT molecular complexity index is 401. The molecule has 5 nitrogen and oxygen atoms in total. The molecule has 16 heavy (non-hydrogen) atoms. The van der Waals surface area contributed by atoms with Crippen molar-refractivity contribution in [1.29, 1.82) is 0 Å². The molecule has 0 unspecified atom stereocenters. The van der Waals surface area contributed by atoms with Crippen molar-refractivity contribution in [2.75, 3.05) is 33.2 Å². The van der Waals surface area contributed by atoms with Gasteiger partial charge in [-0.3, -0.25) is 0 Å². The fourth-order valence-electron chi connectivity index (χ4n) is 1.40. The Morgan fingerprint density at radius 3 is 2.25 bits per heavy atom. The number of aromatic carboxylic acids is 1. The van der Waals surface area contributed by atoms with E-state index in [1.54, 1.807) is 11.0 Å². The molecule has 0 radical (unpaired) electrons. The predicted octanol–water partition coefficient (Wildman–Crippen LogP) is 1.47. The molecule has 0 fully saturated rings. The minimum Gasteiger partial charge on any atom is -0.493 e. The number of hydrogen-bond acceptors (Lipinski definition) is 4. The van der Waals surface area contributed by atoms with Gasteiger partial charge in [-0.25, -0.2) is 4.79 Å². The van der Waals surface area contributed by atoms with E-state index in [9.17, 15) is 4.79 Å². The Morgan fingerprint density at radius 2 is 1.88 bits per heavy atom. The first kappa shape index (κ1) is 12.2. The second-order valence-electron chi connectivity index (χ2n) is 3.43. The van der Waals surface area contributed by atoms with Gasteiger partial charge >= 0.3 is 5.97 Å². The number of benzene rings is 1. The van der Waals surface area contributed by atoms with Crippen LogP contribution in [0.1, 0.15) is 10.4 Å². The first-order valence-corrected chi connectivity index (χ1v) is 4.68. The lowest BCUT2D eigenvalue weighted by molar-refractivity contribution is 0.0696. The SMILES string of the molecule is COc1cc(C(=O)O)cc(N(C)C)c1OC. The third-order valence-corrected chi connectivity index (χ3v) is 2.19. The Balaban J connectivity index is 3.43. The maximum atomic E-state index is 10.9. The van der Waals surface area contributed by atoms with Gasteiger partial charge in [0.15, 0.2) is 11.5 Å². The quantitative estimate of drug-likeness (QED) is 0.840. The lowest BCUT2D eigenvalue weighted by atomic mass is 10.1. The molecular weight excluding hydrogens is 210 g/mol. The molecular formula is C11H15NO4. The van der Waals surface area contributed by atoms with Crippen molar-refractivity contribution in [3.05, 3.63) is 17.7 Å². The van der Waals surface area contributed by atoms with Gasteiger partial charge in [0.1, 0.15) is 0 Å². The first-order valence-electron chi connectivity index (χ1n) is 4.68. The molecule has 1 N–H and O–H groups in total. The zero-order valence-corrected chi connectivity index (χ0v) is 9.77. The highest BCUT2D eigenvalue weighted by atomic mass is 16.5. The first-order chi connectivity index (χ1) is 7.51. The largest absolute Gasteiger partial charge is 0.493 e. The molecule has 1 aromatic rings. The third kappa shape index (κ3) is 2.18. The van der Waals surface area contributed by atoms with Crippen LogP contribution in [0.2, 0.25) is 0 Å². The summed E-state index contributed by atoms with van der Waals surface area (Å²) in [6.45, 7) is 0. The van der Waals surface area contributed by atoms with E-state index in [4.69, 9.17) is 14.6 Å². The summed E-state index contributed by atoms with van der Waals surface area (Å²) in [4.78, 5) is 12.7. The van der Waals surface area contributed by atoms with E-state index in [0.29, 0.717) is 17.2 Å². The minimum atomic E-state index is -0.996. The summed E-state index contributed by atoms with van der Waals surface area (Å²) >= 11 is 0. The number of hydrogen-bond donors (Lipinski definition) is 1. The summed E-state index contributed by atoms with van der Waals surface area (Å²) < 4.78 is 10.3. The number of rotatable bonds is 4. The van der Waals surface area contributed by atoms with Crippen molar-refractivity contribution in [3.63, 3.8) is 0 Å². The Kier molecular flexibility index (Phi) is 3.60. The standard InChI is InChI=1S/C11H15NO4/c1-12(2)8-5-7(11(13)14)6-9(15-3)10(8)16-4/h5-6H,1-4H3,(H,13,14). The molecule has 0 aliphatic carbocycles. The zero-order chi connectivity index (χ0) is 12.3. The number of carbonyl (C=O) groups is 1. The molecule has 0 amide bonds. The molecule has 0 aliphatic heterocycles. The summed E-state index contributed by atoms with van der Waals surface area (Å²) in [5, 5.41) is 8.96. The van der Waals surface area contributed by atoms with Gasteiger partial charge in [-0.2, -0.15) is 0 Å². The zero-order valence-electron chi connectivity index (χ0n) is 9.77. The summed E-state index contributed by atoms with van der Waals surface area (Å²) in [6.07, 6.45) is 0. The van der Waals surface area contributed by atoms with E-state index in [1.807, 2.05) is 14.1 Å².